The smallest absolute Gasteiger partial charge is 0.257 e. The van der Waals surface area contributed by atoms with Gasteiger partial charge in [0.2, 0.25) is 0 Å². The fourth-order valence-corrected chi connectivity index (χ4v) is 4.19. The number of para-hydroxylation sites is 1. The van der Waals surface area contributed by atoms with Crippen molar-refractivity contribution in [1.82, 2.24) is 10.2 Å². The lowest BCUT2D eigenvalue weighted by molar-refractivity contribution is -0.123. The van der Waals surface area contributed by atoms with Crippen LogP contribution in [-0.4, -0.2) is 37.0 Å². The molecule has 1 N–H and O–H groups in total. The third-order valence-electron chi connectivity index (χ3n) is 5.01. The topological polar surface area (TPSA) is 41.6 Å². The Morgan fingerprint density at radius 2 is 1.92 bits per heavy atom. The lowest BCUT2D eigenvalue weighted by Crippen LogP contribution is -2.39. The van der Waals surface area contributed by atoms with Crippen LogP contribution in [0.25, 0.3) is 0 Å². The Balaban J connectivity index is 1.35. The molecular weight excluding hydrogens is 344 g/mol. The largest absolute Gasteiger partial charge is 0.483 e. The molecule has 1 aromatic heterocycles. The van der Waals surface area contributed by atoms with Crippen LogP contribution in [0.5, 0.6) is 5.75 Å². The van der Waals surface area contributed by atoms with Crippen LogP contribution in [0.1, 0.15) is 28.8 Å². The van der Waals surface area contributed by atoms with Crippen molar-refractivity contribution in [3.8, 4) is 5.75 Å². The summed E-state index contributed by atoms with van der Waals surface area (Å²) in [7, 11) is 0. The van der Waals surface area contributed by atoms with E-state index in [0.29, 0.717) is 5.92 Å². The molecule has 1 fully saturated rings. The van der Waals surface area contributed by atoms with Gasteiger partial charge in [-0.1, -0.05) is 24.3 Å². The SMILES string of the molecule is Cc1cccc(C)c1OCC(=O)NCC1CCN(Cc2cccs2)CC1. The summed E-state index contributed by atoms with van der Waals surface area (Å²) in [5, 5.41) is 5.18. The number of nitrogens with zero attached hydrogens (tertiary/aromatic N) is 1. The Hall–Kier alpha value is -1.85. The second-order valence-electron chi connectivity index (χ2n) is 7.11. The molecule has 2 heterocycles. The highest BCUT2D eigenvalue weighted by Crippen LogP contribution is 2.22. The van der Waals surface area contributed by atoms with E-state index in [2.05, 4.69) is 27.7 Å². The lowest BCUT2D eigenvalue weighted by Gasteiger charge is -2.31. The molecule has 0 saturated carbocycles. The zero-order valence-electron chi connectivity index (χ0n) is 15.7. The minimum atomic E-state index is -0.0336. The van der Waals surface area contributed by atoms with Gasteiger partial charge in [-0.05, 0) is 68.3 Å². The summed E-state index contributed by atoms with van der Waals surface area (Å²) in [5.74, 6) is 1.36. The number of piperidine rings is 1. The van der Waals surface area contributed by atoms with E-state index in [-0.39, 0.29) is 12.5 Å². The van der Waals surface area contributed by atoms with Gasteiger partial charge in [0.1, 0.15) is 5.75 Å². The zero-order chi connectivity index (χ0) is 18.4. The van der Waals surface area contributed by atoms with Gasteiger partial charge in [-0.15, -0.1) is 11.3 Å². The Bertz CT molecular complexity index is 687. The first-order chi connectivity index (χ1) is 12.6. The average molecular weight is 373 g/mol. The van der Waals surface area contributed by atoms with Gasteiger partial charge in [0.15, 0.2) is 6.61 Å². The molecular formula is C21H28N2O2S. The van der Waals surface area contributed by atoms with Crippen LogP contribution in [0.3, 0.4) is 0 Å². The number of likely N-dealkylation sites (tertiary alicyclic amines) is 1. The summed E-state index contributed by atoms with van der Waals surface area (Å²) in [6, 6.07) is 10.3. The molecule has 0 radical (unpaired) electrons. The normalized spacial score (nSPS) is 15.8. The maximum absolute atomic E-state index is 12.1. The van der Waals surface area contributed by atoms with E-state index in [1.165, 1.54) is 4.88 Å². The minimum Gasteiger partial charge on any atom is -0.483 e. The van der Waals surface area contributed by atoms with Gasteiger partial charge in [0, 0.05) is 18.0 Å². The van der Waals surface area contributed by atoms with Crippen molar-refractivity contribution >= 4 is 17.2 Å². The van der Waals surface area contributed by atoms with Crippen molar-refractivity contribution in [2.45, 2.75) is 33.2 Å². The number of aryl methyl sites for hydroxylation is 2. The van der Waals surface area contributed by atoms with Crippen molar-refractivity contribution in [3.63, 3.8) is 0 Å². The predicted molar refractivity (Wildman–Crippen MR) is 107 cm³/mol. The maximum Gasteiger partial charge on any atom is 0.257 e. The van der Waals surface area contributed by atoms with Crippen LogP contribution in [-0.2, 0) is 11.3 Å². The second-order valence-corrected chi connectivity index (χ2v) is 8.14. The molecule has 3 rings (SSSR count). The molecule has 1 aliphatic rings. The Morgan fingerprint density at radius 3 is 2.58 bits per heavy atom. The quantitative estimate of drug-likeness (QED) is 0.804. The Morgan fingerprint density at radius 1 is 1.19 bits per heavy atom. The second kappa shape index (κ2) is 9.19. The van der Waals surface area contributed by atoms with E-state index in [1.54, 1.807) is 0 Å². The van der Waals surface area contributed by atoms with Gasteiger partial charge >= 0.3 is 0 Å². The zero-order valence-corrected chi connectivity index (χ0v) is 16.5. The van der Waals surface area contributed by atoms with Crippen LogP contribution < -0.4 is 10.1 Å². The molecule has 5 heteroatoms. The fourth-order valence-electron chi connectivity index (χ4n) is 3.45. The molecule has 140 valence electrons. The Kier molecular flexibility index (Phi) is 6.69. The number of thiophene rings is 1. The molecule has 1 saturated heterocycles. The highest BCUT2D eigenvalue weighted by Gasteiger charge is 2.20. The number of ether oxygens (including phenoxy) is 1. The van der Waals surface area contributed by atoms with E-state index >= 15 is 0 Å². The Labute approximate surface area is 160 Å². The summed E-state index contributed by atoms with van der Waals surface area (Å²) in [6.07, 6.45) is 2.28. The molecule has 2 aromatic rings. The van der Waals surface area contributed by atoms with Crippen LogP contribution in [0.15, 0.2) is 35.7 Å². The lowest BCUT2D eigenvalue weighted by atomic mass is 9.97. The monoisotopic (exact) mass is 372 g/mol. The number of hydrogen-bond acceptors (Lipinski definition) is 4. The van der Waals surface area contributed by atoms with Crippen molar-refractivity contribution in [1.29, 1.82) is 0 Å². The number of amides is 1. The maximum atomic E-state index is 12.1. The molecule has 1 aromatic carbocycles. The molecule has 1 aliphatic heterocycles. The van der Waals surface area contributed by atoms with Gasteiger partial charge in [-0.3, -0.25) is 9.69 Å². The number of rotatable bonds is 7. The third kappa shape index (κ3) is 5.32. The number of benzene rings is 1. The highest BCUT2D eigenvalue weighted by atomic mass is 32.1. The highest BCUT2D eigenvalue weighted by molar-refractivity contribution is 7.09. The molecule has 0 bridgehead atoms. The summed E-state index contributed by atoms with van der Waals surface area (Å²) >= 11 is 1.82. The number of carbonyl (C=O) groups excluding carboxylic acids is 1. The summed E-state index contributed by atoms with van der Waals surface area (Å²) in [6.45, 7) is 8.12. The van der Waals surface area contributed by atoms with E-state index < -0.39 is 0 Å². The molecule has 26 heavy (non-hydrogen) atoms. The van der Waals surface area contributed by atoms with Gasteiger partial charge in [-0.2, -0.15) is 0 Å². The van der Waals surface area contributed by atoms with Crippen molar-refractivity contribution in [3.05, 3.63) is 51.7 Å². The molecule has 0 aliphatic carbocycles. The van der Waals surface area contributed by atoms with Crippen LogP contribution in [0, 0.1) is 19.8 Å². The predicted octanol–water partition coefficient (Wildman–Crippen LogP) is 3.77. The summed E-state index contributed by atoms with van der Waals surface area (Å²) in [5.41, 5.74) is 2.13. The molecule has 0 spiro atoms. The van der Waals surface area contributed by atoms with Crippen molar-refractivity contribution in [2.75, 3.05) is 26.2 Å². The number of hydrogen-bond donors (Lipinski definition) is 1. The molecule has 4 nitrogen and oxygen atoms in total. The average Bonchev–Trinajstić information content (AvgIpc) is 3.14. The van der Waals surface area contributed by atoms with Crippen LogP contribution in [0.2, 0.25) is 0 Å². The first kappa shape index (κ1) is 18.9. The fraction of sp³-hybridized carbons (Fsp3) is 0.476. The number of nitrogens with one attached hydrogen (secondary N) is 1. The van der Waals surface area contributed by atoms with Gasteiger partial charge in [0.25, 0.3) is 5.91 Å². The van der Waals surface area contributed by atoms with Gasteiger partial charge in [0.05, 0.1) is 0 Å². The summed E-state index contributed by atoms with van der Waals surface area (Å²) < 4.78 is 5.73. The third-order valence-corrected chi connectivity index (χ3v) is 5.87. The summed E-state index contributed by atoms with van der Waals surface area (Å²) in [4.78, 5) is 16.1. The van der Waals surface area contributed by atoms with Crippen LogP contribution in [0.4, 0.5) is 0 Å². The first-order valence-electron chi connectivity index (χ1n) is 9.32. The van der Waals surface area contributed by atoms with E-state index in [1.807, 2.05) is 43.4 Å². The molecule has 1 amide bonds. The standard InChI is InChI=1S/C21H28N2O2S/c1-16-5-3-6-17(2)21(16)25-15-20(24)22-13-18-8-10-23(11-9-18)14-19-7-4-12-26-19/h3-7,12,18H,8-11,13-15H2,1-2H3,(H,22,24). The molecule has 0 unspecified atom stereocenters. The van der Waals surface area contributed by atoms with E-state index in [0.717, 1.165) is 55.9 Å². The van der Waals surface area contributed by atoms with Gasteiger partial charge in [-0.25, -0.2) is 0 Å². The first-order valence-corrected chi connectivity index (χ1v) is 10.2. The number of carbonyl (C=O) groups is 1. The van der Waals surface area contributed by atoms with Crippen molar-refractivity contribution < 1.29 is 9.53 Å². The van der Waals surface area contributed by atoms with Gasteiger partial charge < -0.3 is 10.1 Å². The van der Waals surface area contributed by atoms with Crippen molar-refractivity contribution in [2.24, 2.45) is 5.92 Å². The molecule has 0 atom stereocenters. The van der Waals surface area contributed by atoms with Crippen LogP contribution >= 0.6 is 11.3 Å². The van der Waals surface area contributed by atoms with E-state index in [9.17, 15) is 4.79 Å². The van der Waals surface area contributed by atoms with E-state index in [4.69, 9.17) is 4.74 Å². The minimum absolute atomic E-state index is 0.0336.